The van der Waals surface area contributed by atoms with Crippen molar-refractivity contribution in [2.75, 3.05) is 6.61 Å². The van der Waals surface area contributed by atoms with Gasteiger partial charge in [-0.1, -0.05) is 23.7 Å². The molecule has 4 rings (SSSR count). The molecule has 1 aliphatic rings. The summed E-state index contributed by atoms with van der Waals surface area (Å²) in [5.74, 6) is -0.835. The molecule has 0 spiro atoms. The van der Waals surface area contributed by atoms with Gasteiger partial charge in [0.15, 0.2) is 11.5 Å². The lowest BCUT2D eigenvalue weighted by atomic mass is 10.1. The first-order chi connectivity index (χ1) is 17.2. The highest BCUT2D eigenvalue weighted by molar-refractivity contribution is 14.1. The molecule has 0 saturated carbocycles. The minimum absolute atomic E-state index is 0.0452. The van der Waals surface area contributed by atoms with Gasteiger partial charge in [0, 0.05) is 5.02 Å². The minimum atomic E-state index is -0.569. The number of hydrogen-bond acceptors (Lipinski definition) is 6. The Morgan fingerprint density at radius 3 is 2.47 bits per heavy atom. The topological polar surface area (TPSA) is 72.9 Å². The number of carbonyl (C=O) groups is 3. The fourth-order valence-electron chi connectivity index (χ4n) is 3.33. The lowest BCUT2D eigenvalue weighted by Crippen LogP contribution is -2.27. The Morgan fingerprint density at radius 1 is 1.11 bits per heavy atom. The fraction of sp³-hybridized carbons (Fsp3) is 0.115. The highest BCUT2D eigenvalue weighted by Gasteiger charge is 2.35. The number of hydrogen-bond donors (Lipinski definition) is 0. The Bertz CT molecular complexity index is 1360. The van der Waals surface area contributed by atoms with Crippen molar-refractivity contribution in [3.63, 3.8) is 0 Å². The molecule has 0 aliphatic carbocycles. The average Bonchev–Trinajstić information content (AvgIpc) is 3.10. The maximum absolute atomic E-state index is 13.2. The van der Waals surface area contributed by atoms with Crippen LogP contribution in [0.1, 0.15) is 28.4 Å². The highest BCUT2D eigenvalue weighted by Crippen LogP contribution is 2.38. The molecule has 1 aliphatic heterocycles. The van der Waals surface area contributed by atoms with Gasteiger partial charge >= 0.3 is 5.97 Å². The number of thioether (sulfide) groups is 1. The summed E-state index contributed by atoms with van der Waals surface area (Å²) in [6.07, 6.45) is 1.59. The van der Waals surface area contributed by atoms with E-state index >= 15 is 0 Å². The van der Waals surface area contributed by atoms with Crippen molar-refractivity contribution in [3.05, 3.63) is 96.7 Å². The smallest absolute Gasteiger partial charge is 0.343 e. The van der Waals surface area contributed by atoms with Crippen molar-refractivity contribution < 1.29 is 28.2 Å². The monoisotopic (exact) mass is 637 g/mol. The molecule has 1 fully saturated rings. The third-order valence-corrected chi connectivity index (χ3v) is 6.99. The lowest BCUT2D eigenvalue weighted by Gasteiger charge is -2.14. The molecule has 2 amide bonds. The van der Waals surface area contributed by atoms with Gasteiger partial charge in [-0.05, 0) is 107 Å². The van der Waals surface area contributed by atoms with Gasteiger partial charge in [0.25, 0.3) is 11.1 Å². The van der Waals surface area contributed by atoms with E-state index in [4.69, 9.17) is 21.1 Å². The van der Waals surface area contributed by atoms with Crippen LogP contribution in [0.4, 0.5) is 9.18 Å². The third kappa shape index (κ3) is 6.08. The van der Waals surface area contributed by atoms with Gasteiger partial charge < -0.3 is 9.47 Å². The van der Waals surface area contributed by atoms with Gasteiger partial charge in [0.2, 0.25) is 0 Å². The Labute approximate surface area is 229 Å². The summed E-state index contributed by atoms with van der Waals surface area (Å²) in [4.78, 5) is 39.4. The maximum Gasteiger partial charge on any atom is 0.343 e. The minimum Gasteiger partial charge on any atom is -0.490 e. The molecule has 1 heterocycles. The van der Waals surface area contributed by atoms with Crippen LogP contribution in [0.15, 0.2) is 65.6 Å². The molecule has 0 aromatic heterocycles. The zero-order valence-corrected chi connectivity index (χ0v) is 22.5. The maximum atomic E-state index is 13.2. The summed E-state index contributed by atoms with van der Waals surface area (Å²) >= 11 is 8.73. The number of imide groups is 1. The molecular weight excluding hydrogens is 620 g/mol. The molecule has 36 heavy (non-hydrogen) atoms. The van der Waals surface area contributed by atoms with E-state index in [2.05, 4.69) is 0 Å². The van der Waals surface area contributed by atoms with E-state index < -0.39 is 22.9 Å². The van der Waals surface area contributed by atoms with E-state index in [0.29, 0.717) is 37.6 Å². The predicted molar refractivity (Wildman–Crippen MR) is 145 cm³/mol. The summed E-state index contributed by atoms with van der Waals surface area (Å²) in [7, 11) is 0. The van der Waals surface area contributed by atoms with Crippen LogP contribution in [-0.2, 0) is 11.3 Å². The zero-order chi connectivity index (χ0) is 25.8. The van der Waals surface area contributed by atoms with E-state index in [9.17, 15) is 18.8 Å². The van der Waals surface area contributed by atoms with Crippen molar-refractivity contribution in [3.8, 4) is 11.5 Å². The van der Waals surface area contributed by atoms with Gasteiger partial charge in [0.05, 0.1) is 27.2 Å². The molecule has 3 aromatic rings. The van der Waals surface area contributed by atoms with E-state index in [1.54, 1.807) is 49.4 Å². The van der Waals surface area contributed by atoms with Crippen molar-refractivity contribution in [2.24, 2.45) is 0 Å². The second-order valence-electron chi connectivity index (χ2n) is 7.55. The lowest BCUT2D eigenvalue weighted by molar-refractivity contribution is -0.123. The van der Waals surface area contributed by atoms with Gasteiger partial charge in [0.1, 0.15) is 5.82 Å². The molecule has 0 unspecified atom stereocenters. The summed E-state index contributed by atoms with van der Waals surface area (Å²) in [6, 6.07) is 15.3. The number of benzene rings is 3. The molecule has 10 heteroatoms. The van der Waals surface area contributed by atoms with Crippen LogP contribution in [-0.4, -0.2) is 28.6 Å². The highest BCUT2D eigenvalue weighted by atomic mass is 127. The van der Waals surface area contributed by atoms with Gasteiger partial charge in [-0.25, -0.2) is 9.18 Å². The molecule has 1 saturated heterocycles. The van der Waals surface area contributed by atoms with Crippen LogP contribution in [0.3, 0.4) is 0 Å². The number of nitrogens with zero attached hydrogens (tertiary/aromatic N) is 1. The van der Waals surface area contributed by atoms with E-state index in [1.807, 2.05) is 22.6 Å². The van der Waals surface area contributed by atoms with Crippen molar-refractivity contribution in [1.82, 2.24) is 4.90 Å². The second kappa shape index (κ2) is 11.4. The first-order valence-electron chi connectivity index (χ1n) is 10.7. The van der Waals surface area contributed by atoms with Gasteiger partial charge in [-0.2, -0.15) is 0 Å². The summed E-state index contributed by atoms with van der Waals surface area (Å²) in [5, 5.41) is 0.0892. The van der Waals surface area contributed by atoms with Crippen LogP contribution < -0.4 is 9.47 Å². The Balaban J connectivity index is 1.57. The van der Waals surface area contributed by atoms with E-state index in [0.717, 1.165) is 16.7 Å². The van der Waals surface area contributed by atoms with Crippen molar-refractivity contribution >= 4 is 69.1 Å². The number of ether oxygens (including phenoxy) is 2. The van der Waals surface area contributed by atoms with Crippen LogP contribution in [0, 0.1) is 9.39 Å². The second-order valence-corrected chi connectivity index (χ2v) is 10.1. The Morgan fingerprint density at radius 2 is 1.81 bits per heavy atom. The number of carbonyl (C=O) groups excluding carboxylic acids is 3. The normalized spacial score (nSPS) is 14.4. The SMILES string of the molecule is CCOc1cc(/C=C2\SC(=O)N(Cc3ccc(F)cc3)C2=O)cc(I)c1OC(=O)c1ccc(Cl)cc1. The molecular formula is C26H18ClFINO5S. The van der Waals surface area contributed by atoms with Crippen molar-refractivity contribution in [1.29, 1.82) is 0 Å². The number of halogens is 3. The van der Waals surface area contributed by atoms with E-state index in [-0.39, 0.29) is 17.2 Å². The summed E-state index contributed by atoms with van der Waals surface area (Å²) < 4.78 is 25.1. The summed E-state index contributed by atoms with van der Waals surface area (Å²) in [5.41, 5.74) is 1.57. The van der Waals surface area contributed by atoms with Gasteiger partial charge in [-0.15, -0.1) is 0 Å². The Kier molecular flexibility index (Phi) is 8.32. The van der Waals surface area contributed by atoms with Crippen LogP contribution in [0.5, 0.6) is 11.5 Å². The molecule has 3 aromatic carbocycles. The number of amides is 2. The standard InChI is InChI=1S/C26H18ClFINO5S/c1-2-34-21-12-16(11-20(29)23(21)35-25(32)17-5-7-18(27)8-6-17)13-22-24(31)30(26(33)36-22)14-15-3-9-19(28)10-4-15/h3-13H,2,14H2,1H3/b22-13-. The molecule has 184 valence electrons. The predicted octanol–water partition coefficient (Wildman–Crippen LogP) is 6.94. The molecule has 0 radical (unpaired) electrons. The zero-order valence-electron chi connectivity index (χ0n) is 18.8. The van der Waals surface area contributed by atoms with Crippen LogP contribution in [0.25, 0.3) is 6.08 Å². The molecule has 0 N–H and O–H groups in total. The Hall–Kier alpha value is -2.89. The first kappa shape index (κ1) is 26.2. The largest absolute Gasteiger partial charge is 0.490 e. The number of esters is 1. The fourth-order valence-corrected chi connectivity index (χ4v) is 5.03. The number of rotatable bonds is 7. The average molecular weight is 638 g/mol. The molecule has 0 bridgehead atoms. The first-order valence-corrected chi connectivity index (χ1v) is 13.0. The van der Waals surface area contributed by atoms with Crippen LogP contribution in [0.2, 0.25) is 5.02 Å². The van der Waals surface area contributed by atoms with Gasteiger partial charge in [-0.3, -0.25) is 14.5 Å². The summed E-state index contributed by atoms with van der Waals surface area (Å²) in [6.45, 7) is 2.16. The quantitative estimate of drug-likeness (QED) is 0.121. The third-order valence-electron chi connectivity index (χ3n) is 5.03. The van der Waals surface area contributed by atoms with E-state index in [1.165, 1.54) is 24.3 Å². The molecule has 6 nitrogen and oxygen atoms in total. The molecule has 0 atom stereocenters. The van der Waals surface area contributed by atoms with Crippen molar-refractivity contribution in [2.45, 2.75) is 13.5 Å². The van der Waals surface area contributed by atoms with Crippen LogP contribution >= 0.6 is 46.0 Å².